The van der Waals surface area contributed by atoms with E-state index in [1.165, 1.54) is 4.90 Å². The summed E-state index contributed by atoms with van der Waals surface area (Å²) in [6, 6.07) is 10.2. The van der Waals surface area contributed by atoms with Gasteiger partial charge in [-0.25, -0.2) is 18.2 Å². The molecule has 0 saturated heterocycles. The van der Waals surface area contributed by atoms with Crippen molar-refractivity contribution in [3.63, 3.8) is 0 Å². The van der Waals surface area contributed by atoms with Crippen molar-refractivity contribution in [2.45, 2.75) is 58.3 Å². The van der Waals surface area contributed by atoms with Crippen LogP contribution in [0.3, 0.4) is 0 Å². The van der Waals surface area contributed by atoms with Crippen molar-refractivity contribution in [2.75, 3.05) is 26.3 Å². The molecule has 3 unspecified atom stereocenters. The molecule has 1 heterocycles. The van der Waals surface area contributed by atoms with Crippen molar-refractivity contribution < 1.29 is 22.8 Å². The number of nitrogens with two attached hydrogens (primary N) is 3. The first kappa shape index (κ1) is 33.8. The van der Waals surface area contributed by atoms with Gasteiger partial charge in [-0.1, -0.05) is 51.1 Å². The lowest BCUT2D eigenvalue weighted by Crippen LogP contribution is -2.50. The molecule has 3 aromatic rings. The molecule has 12 heteroatoms. The standard InChI is InChI=1S/C31H42F3N7O2/c1-31(2,3)28(41(14-12-22(36)16-32)27(42)17-38-30(43)25(37)11-13-35)29-39-26(23-15-21(33)9-10-24(23)34)19-40(29)18-20-7-5-4-6-8-20/h4-10,15,19,22,25,28H,11-14,16-18,35-37H2,1-3H3,(H,38,43). The molecule has 234 valence electrons. The van der Waals surface area contributed by atoms with Crippen LogP contribution in [-0.4, -0.2) is 64.7 Å². The van der Waals surface area contributed by atoms with Crippen LogP contribution in [0.2, 0.25) is 0 Å². The molecule has 0 spiro atoms. The molecular weight excluding hydrogens is 559 g/mol. The highest BCUT2D eigenvalue weighted by atomic mass is 19.1. The molecule has 7 N–H and O–H groups in total. The minimum atomic E-state index is -0.877. The Bertz CT molecular complexity index is 1360. The molecule has 0 radical (unpaired) electrons. The largest absolute Gasteiger partial charge is 0.346 e. The lowest BCUT2D eigenvalue weighted by atomic mass is 9.84. The molecule has 2 aromatic carbocycles. The number of rotatable bonds is 14. The smallest absolute Gasteiger partial charge is 0.242 e. The van der Waals surface area contributed by atoms with E-state index in [4.69, 9.17) is 22.2 Å². The maximum absolute atomic E-state index is 14.9. The summed E-state index contributed by atoms with van der Waals surface area (Å²) in [5, 5.41) is 2.57. The highest BCUT2D eigenvalue weighted by Crippen LogP contribution is 2.39. The Balaban J connectivity index is 2.12. The van der Waals surface area contributed by atoms with Crippen LogP contribution < -0.4 is 22.5 Å². The van der Waals surface area contributed by atoms with Gasteiger partial charge in [0.25, 0.3) is 0 Å². The van der Waals surface area contributed by atoms with Gasteiger partial charge in [0.2, 0.25) is 11.8 Å². The van der Waals surface area contributed by atoms with E-state index in [2.05, 4.69) is 5.32 Å². The number of hydrogen-bond acceptors (Lipinski definition) is 6. The molecular formula is C31H42F3N7O2. The van der Waals surface area contributed by atoms with E-state index < -0.39 is 53.7 Å². The van der Waals surface area contributed by atoms with Crippen molar-refractivity contribution in [1.29, 1.82) is 0 Å². The first-order valence-electron chi connectivity index (χ1n) is 14.3. The summed E-state index contributed by atoms with van der Waals surface area (Å²) in [6.07, 6.45) is 2.01. The maximum Gasteiger partial charge on any atom is 0.242 e. The van der Waals surface area contributed by atoms with Gasteiger partial charge in [0.05, 0.1) is 24.3 Å². The van der Waals surface area contributed by atoms with Crippen molar-refractivity contribution in [1.82, 2.24) is 19.8 Å². The number of carbonyl (C=O) groups is 2. The summed E-state index contributed by atoms with van der Waals surface area (Å²) in [7, 11) is 0. The fraction of sp³-hybridized carbons (Fsp3) is 0.452. The first-order valence-corrected chi connectivity index (χ1v) is 14.3. The second-order valence-electron chi connectivity index (χ2n) is 11.7. The highest BCUT2D eigenvalue weighted by Gasteiger charge is 2.38. The third-order valence-corrected chi connectivity index (χ3v) is 7.07. The number of aromatic nitrogens is 2. The van der Waals surface area contributed by atoms with Gasteiger partial charge in [-0.05, 0) is 48.6 Å². The Labute approximate surface area is 250 Å². The van der Waals surface area contributed by atoms with Crippen LogP contribution in [0.1, 0.15) is 51.0 Å². The summed E-state index contributed by atoms with van der Waals surface area (Å²) in [4.78, 5) is 32.6. The Morgan fingerprint density at radius 1 is 1.07 bits per heavy atom. The molecule has 0 aliphatic heterocycles. The molecule has 2 amide bonds. The summed E-state index contributed by atoms with van der Waals surface area (Å²) in [6.45, 7) is 5.16. The molecule has 1 aromatic heterocycles. The number of benzene rings is 2. The van der Waals surface area contributed by atoms with Crippen LogP contribution in [0.5, 0.6) is 0 Å². The van der Waals surface area contributed by atoms with E-state index >= 15 is 0 Å². The van der Waals surface area contributed by atoms with Gasteiger partial charge in [-0.15, -0.1) is 0 Å². The normalized spacial score (nSPS) is 13.8. The Morgan fingerprint density at radius 2 is 1.77 bits per heavy atom. The highest BCUT2D eigenvalue weighted by molar-refractivity contribution is 5.87. The summed E-state index contributed by atoms with van der Waals surface area (Å²) < 4.78 is 44.3. The Morgan fingerprint density at radius 3 is 2.40 bits per heavy atom. The zero-order chi connectivity index (χ0) is 31.7. The molecule has 0 saturated carbocycles. The van der Waals surface area contributed by atoms with Gasteiger partial charge in [0, 0.05) is 30.9 Å². The predicted molar refractivity (Wildman–Crippen MR) is 160 cm³/mol. The fourth-order valence-electron chi connectivity index (χ4n) is 4.86. The Hall–Kier alpha value is -3.74. The van der Waals surface area contributed by atoms with Crippen molar-refractivity contribution in [3.8, 4) is 11.3 Å². The molecule has 0 fully saturated rings. The zero-order valence-electron chi connectivity index (χ0n) is 24.9. The number of alkyl halides is 1. The molecule has 0 bridgehead atoms. The monoisotopic (exact) mass is 601 g/mol. The lowest BCUT2D eigenvalue weighted by molar-refractivity contribution is -0.137. The number of amides is 2. The van der Waals surface area contributed by atoms with E-state index in [0.717, 1.165) is 23.8 Å². The van der Waals surface area contributed by atoms with E-state index in [1.54, 1.807) is 10.8 Å². The lowest BCUT2D eigenvalue weighted by Gasteiger charge is -2.40. The number of halogens is 3. The average molecular weight is 602 g/mol. The van der Waals surface area contributed by atoms with E-state index in [0.29, 0.717) is 12.4 Å². The van der Waals surface area contributed by atoms with Gasteiger partial charge >= 0.3 is 0 Å². The summed E-state index contributed by atoms with van der Waals surface area (Å²) >= 11 is 0. The third-order valence-electron chi connectivity index (χ3n) is 7.07. The van der Waals surface area contributed by atoms with Gasteiger partial charge in [-0.3, -0.25) is 9.59 Å². The van der Waals surface area contributed by atoms with E-state index in [1.807, 2.05) is 51.1 Å². The topological polar surface area (TPSA) is 145 Å². The van der Waals surface area contributed by atoms with Crippen LogP contribution in [0.15, 0.2) is 54.7 Å². The molecule has 43 heavy (non-hydrogen) atoms. The van der Waals surface area contributed by atoms with Gasteiger partial charge in [-0.2, -0.15) is 0 Å². The molecule has 3 atom stereocenters. The summed E-state index contributed by atoms with van der Waals surface area (Å²) in [5.74, 6) is -1.86. The van der Waals surface area contributed by atoms with Crippen molar-refractivity contribution in [3.05, 3.63) is 77.8 Å². The molecule has 0 aliphatic rings. The maximum atomic E-state index is 14.9. The Kier molecular flexibility index (Phi) is 11.9. The second-order valence-corrected chi connectivity index (χ2v) is 11.7. The first-order chi connectivity index (χ1) is 20.3. The molecule has 0 aliphatic carbocycles. The van der Waals surface area contributed by atoms with Crippen LogP contribution in [-0.2, 0) is 16.1 Å². The molecule has 3 rings (SSSR count). The minimum absolute atomic E-state index is 0.0285. The number of imidazole rings is 1. The molecule has 9 nitrogen and oxygen atoms in total. The van der Waals surface area contributed by atoms with Crippen LogP contribution in [0.4, 0.5) is 13.2 Å². The minimum Gasteiger partial charge on any atom is -0.346 e. The van der Waals surface area contributed by atoms with Crippen LogP contribution in [0.25, 0.3) is 11.3 Å². The summed E-state index contributed by atoms with van der Waals surface area (Å²) in [5.41, 5.74) is 17.7. The van der Waals surface area contributed by atoms with Crippen molar-refractivity contribution >= 4 is 11.8 Å². The van der Waals surface area contributed by atoms with E-state index in [9.17, 15) is 22.8 Å². The third kappa shape index (κ3) is 9.12. The quantitative estimate of drug-likeness (QED) is 0.223. The number of carbonyl (C=O) groups excluding carboxylic acids is 2. The zero-order valence-corrected chi connectivity index (χ0v) is 24.9. The van der Waals surface area contributed by atoms with Gasteiger partial charge < -0.3 is 32.0 Å². The number of nitrogens with zero attached hydrogens (tertiary/aromatic N) is 3. The van der Waals surface area contributed by atoms with Crippen molar-refractivity contribution in [2.24, 2.45) is 22.6 Å². The number of nitrogens with one attached hydrogen (secondary N) is 1. The van der Waals surface area contributed by atoms with Crippen LogP contribution in [0, 0.1) is 17.0 Å². The fourth-order valence-corrected chi connectivity index (χ4v) is 4.86. The predicted octanol–water partition coefficient (Wildman–Crippen LogP) is 3.27. The van der Waals surface area contributed by atoms with Crippen LogP contribution >= 0.6 is 0 Å². The van der Waals surface area contributed by atoms with Gasteiger partial charge in [0.1, 0.15) is 24.1 Å². The van der Waals surface area contributed by atoms with E-state index in [-0.39, 0.29) is 43.7 Å². The average Bonchev–Trinajstić information content (AvgIpc) is 3.36. The number of hydrogen-bond donors (Lipinski definition) is 4. The second kappa shape index (κ2) is 15.1. The SMILES string of the molecule is CC(C)(C)C(c1nc(-c2cc(F)ccc2F)cn1Cc1ccccc1)N(CCC(N)CF)C(=O)CNC(=O)C(N)CCN. The van der Waals surface area contributed by atoms with Gasteiger partial charge in [0.15, 0.2) is 0 Å².